The summed E-state index contributed by atoms with van der Waals surface area (Å²) >= 11 is 0. The van der Waals surface area contributed by atoms with Crippen LogP contribution in [0.1, 0.15) is 43.4 Å². The van der Waals surface area contributed by atoms with Gasteiger partial charge in [-0.15, -0.1) is 0 Å². The number of likely N-dealkylation sites (tertiary alicyclic amines) is 1. The van der Waals surface area contributed by atoms with Gasteiger partial charge >= 0.3 is 6.03 Å². The van der Waals surface area contributed by atoms with Crippen molar-refractivity contribution in [3.05, 3.63) is 53.1 Å². The van der Waals surface area contributed by atoms with Gasteiger partial charge < -0.3 is 30.1 Å². The smallest absolute Gasteiger partial charge is 0.317 e. The lowest BCUT2D eigenvalue weighted by atomic mass is 9.82. The maximum Gasteiger partial charge on any atom is 0.317 e. The van der Waals surface area contributed by atoms with E-state index in [4.69, 9.17) is 4.74 Å². The SMILES string of the molecule is CC(C)NC(=O)N1CCC(CN2C(=O)C3(c4ccc(O)c(O)c4)OCCc4cccc2c43)CC1. The fourth-order valence-corrected chi connectivity index (χ4v) is 5.47. The molecule has 34 heavy (non-hydrogen) atoms. The van der Waals surface area contributed by atoms with Gasteiger partial charge in [0.2, 0.25) is 0 Å². The number of amides is 3. The second-order valence-corrected chi connectivity index (χ2v) is 9.74. The minimum absolute atomic E-state index is 0.0360. The average Bonchev–Trinajstić information content (AvgIpc) is 3.06. The van der Waals surface area contributed by atoms with E-state index in [9.17, 15) is 19.8 Å². The molecule has 8 nitrogen and oxygen atoms in total. The number of ether oxygens (including phenoxy) is 1. The standard InChI is InChI=1S/C26H31N3O5/c1-16(2)27-25(33)28-11-8-17(9-12-28)15-29-20-5-3-4-18-10-13-34-26(23(18)20,24(29)32)19-6-7-21(30)22(31)14-19/h3-7,14,16-17,30-31H,8-13,15H2,1-2H3,(H,27,33). The first-order chi connectivity index (χ1) is 16.3. The van der Waals surface area contributed by atoms with Crippen molar-refractivity contribution >= 4 is 17.6 Å². The first-order valence-electron chi connectivity index (χ1n) is 12.0. The molecule has 1 saturated heterocycles. The number of anilines is 1. The van der Waals surface area contributed by atoms with Gasteiger partial charge in [-0.2, -0.15) is 0 Å². The molecular formula is C26H31N3O5. The van der Waals surface area contributed by atoms with Gasteiger partial charge in [0.05, 0.1) is 12.3 Å². The van der Waals surface area contributed by atoms with Crippen LogP contribution < -0.4 is 10.2 Å². The Morgan fingerprint density at radius 1 is 1.18 bits per heavy atom. The molecule has 1 atom stereocenters. The van der Waals surface area contributed by atoms with E-state index in [1.807, 2.05) is 41.8 Å². The molecule has 0 radical (unpaired) electrons. The number of urea groups is 1. The molecule has 3 aliphatic heterocycles. The fourth-order valence-electron chi connectivity index (χ4n) is 5.47. The molecule has 3 N–H and O–H groups in total. The van der Waals surface area contributed by atoms with E-state index < -0.39 is 5.60 Å². The first-order valence-corrected chi connectivity index (χ1v) is 12.0. The maximum atomic E-state index is 14.0. The lowest BCUT2D eigenvalue weighted by Gasteiger charge is -2.36. The monoisotopic (exact) mass is 465 g/mol. The molecule has 5 rings (SSSR count). The van der Waals surface area contributed by atoms with Crippen LogP contribution in [0.2, 0.25) is 0 Å². The van der Waals surface area contributed by atoms with Crippen LogP contribution in [0.25, 0.3) is 0 Å². The Morgan fingerprint density at radius 2 is 1.94 bits per heavy atom. The highest BCUT2D eigenvalue weighted by Crippen LogP contribution is 2.52. The van der Waals surface area contributed by atoms with Gasteiger partial charge in [-0.3, -0.25) is 4.79 Å². The number of nitrogens with zero attached hydrogens (tertiary/aromatic N) is 2. The molecule has 180 valence electrons. The van der Waals surface area contributed by atoms with Crippen LogP contribution in [0.4, 0.5) is 10.5 Å². The van der Waals surface area contributed by atoms with Crippen molar-refractivity contribution in [1.29, 1.82) is 0 Å². The number of carbonyl (C=O) groups excluding carboxylic acids is 2. The van der Waals surface area contributed by atoms with Gasteiger partial charge in [0.1, 0.15) is 0 Å². The molecule has 0 aromatic heterocycles. The molecule has 0 aliphatic carbocycles. The predicted octanol–water partition coefficient (Wildman–Crippen LogP) is 3.09. The van der Waals surface area contributed by atoms with E-state index in [0.29, 0.717) is 38.2 Å². The molecule has 3 amide bonds. The van der Waals surface area contributed by atoms with Gasteiger partial charge in [-0.05, 0) is 62.8 Å². The molecule has 1 fully saturated rings. The summed E-state index contributed by atoms with van der Waals surface area (Å²) < 4.78 is 6.25. The number of hydrogen-bond acceptors (Lipinski definition) is 5. The molecule has 0 spiro atoms. The molecule has 1 unspecified atom stereocenters. The highest BCUT2D eigenvalue weighted by Gasteiger charge is 2.56. The topological polar surface area (TPSA) is 102 Å². The average molecular weight is 466 g/mol. The van der Waals surface area contributed by atoms with Crippen molar-refractivity contribution in [2.75, 3.05) is 31.1 Å². The molecule has 2 aromatic rings. The number of carbonyl (C=O) groups is 2. The van der Waals surface area contributed by atoms with Crippen LogP contribution in [-0.4, -0.2) is 59.3 Å². The first kappa shape index (κ1) is 22.5. The van der Waals surface area contributed by atoms with Crippen molar-refractivity contribution in [1.82, 2.24) is 10.2 Å². The zero-order valence-electron chi connectivity index (χ0n) is 19.6. The summed E-state index contributed by atoms with van der Waals surface area (Å²) in [5.41, 5.74) is 1.93. The van der Waals surface area contributed by atoms with Crippen molar-refractivity contribution in [2.45, 2.75) is 44.8 Å². The number of phenolic OH excluding ortho intramolecular Hbond substituents is 2. The van der Waals surface area contributed by atoms with Gasteiger partial charge in [0.15, 0.2) is 17.1 Å². The van der Waals surface area contributed by atoms with Crippen LogP contribution in [0, 0.1) is 5.92 Å². The normalized spacial score (nSPS) is 22.3. The number of benzene rings is 2. The van der Waals surface area contributed by atoms with E-state index >= 15 is 0 Å². The molecule has 2 aromatic carbocycles. The second-order valence-electron chi connectivity index (χ2n) is 9.74. The van der Waals surface area contributed by atoms with Crippen molar-refractivity contribution in [2.24, 2.45) is 5.92 Å². The number of rotatable bonds is 4. The van der Waals surface area contributed by atoms with E-state index in [1.165, 1.54) is 12.1 Å². The molecule has 3 aliphatic rings. The predicted molar refractivity (Wildman–Crippen MR) is 127 cm³/mol. The van der Waals surface area contributed by atoms with Crippen LogP contribution in [-0.2, 0) is 21.6 Å². The Labute approximate surface area is 199 Å². The van der Waals surface area contributed by atoms with Crippen LogP contribution in [0.5, 0.6) is 11.5 Å². The fraction of sp³-hybridized carbons (Fsp3) is 0.462. The van der Waals surface area contributed by atoms with Crippen LogP contribution >= 0.6 is 0 Å². The van der Waals surface area contributed by atoms with E-state index in [2.05, 4.69) is 5.32 Å². The Bertz CT molecular complexity index is 1130. The van der Waals surface area contributed by atoms with Crippen molar-refractivity contribution in [3.63, 3.8) is 0 Å². The lowest BCUT2D eigenvalue weighted by Crippen LogP contribution is -2.49. The van der Waals surface area contributed by atoms with E-state index in [-0.39, 0.29) is 35.4 Å². The van der Waals surface area contributed by atoms with Crippen molar-refractivity contribution < 1.29 is 24.5 Å². The minimum atomic E-state index is -1.33. The van der Waals surface area contributed by atoms with Gasteiger partial charge in [0.25, 0.3) is 5.91 Å². The summed E-state index contributed by atoms with van der Waals surface area (Å²) in [6.07, 6.45) is 2.34. The number of nitrogens with one attached hydrogen (secondary N) is 1. The zero-order valence-corrected chi connectivity index (χ0v) is 19.6. The maximum absolute atomic E-state index is 14.0. The Kier molecular flexibility index (Phi) is 5.64. The summed E-state index contributed by atoms with van der Waals surface area (Å²) in [6, 6.07) is 10.5. The van der Waals surface area contributed by atoms with E-state index in [0.717, 1.165) is 29.7 Å². The number of hydrogen-bond donors (Lipinski definition) is 3. The third-order valence-corrected chi connectivity index (χ3v) is 7.14. The molecule has 3 heterocycles. The largest absolute Gasteiger partial charge is 0.504 e. The summed E-state index contributed by atoms with van der Waals surface area (Å²) in [5.74, 6) is -0.425. The second kappa shape index (κ2) is 8.51. The minimum Gasteiger partial charge on any atom is -0.504 e. The van der Waals surface area contributed by atoms with Crippen LogP contribution in [0.3, 0.4) is 0 Å². The van der Waals surface area contributed by atoms with Crippen molar-refractivity contribution in [3.8, 4) is 11.5 Å². The van der Waals surface area contributed by atoms with Gasteiger partial charge in [-0.1, -0.05) is 18.2 Å². The third-order valence-electron chi connectivity index (χ3n) is 7.14. The van der Waals surface area contributed by atoms with Gasteiger partial charge in [-0.25, -0.2) is 4.79 Å². The third kappa shape index (κ3) is 3.57. The number of aromatic hydroxyl groups is 2. The summed E-state index contributed by atoms with van der Waals surface area (Å²) in [4.78, 5) is 30.1. The highest BCUT2D eigenvalue weighted by molar-refractivity contribution is 6.10. The quantitative estimate of drug-likeness (QED) is 0.603. The number of phenols is 2. The molecule has 0 saturated carbocycles. The Hall–Kier alpha value is -3.26. The Morgan fingerprint density at radius 3 is 2.65 bits per heavy atom. The zero-order chi connectivity index (χ0) is 24.0. The summed E-state index contributed by atoms with van der Waals surface area (Å²) in [5, 5.41) is 23.0. The van der Waals surface area contributed by atoms with Gasteiger partial charge in [0, 0.05) is 36.8 Å². The molecule has 8 heteroatoms. The number of piperidine rings is 1. The lowest BCUT2D eigenvalue weighted by molar-refractivity contribution is -0.139. The van der Waals surface area contributed by atoms with Crippen LogP contribution in [0.15, 0.2) is 36.4 Å². The Balaban J connectivity index is 1.43. The summed E-state index contributed by atoms with van der Waals surface area (Å²) in [7, 11) is 0. The molecular weight excluding hydrogens is 434 g/mol. The summed E-state index contributed by atoms with van der Waals surface area (Å²) in [6.45, 7) is 6.15. The van der Waals surface area contributed by atoms with E-state index in [1.54, 1.807) is 6.07 Å². The highest BCUT2D eigenvalue weighted by atomic mass is 16.5. The molecule has 0 bridgehead atoms.